The second-order valence-corrected chi connectivity index (χ2v) is 1.41. The molecular formula is C3H6O4S. The van der Waals surface area contributed by atoms with E-state index >= 15 is 0 Å². The highest BCUT2D eigenvalue weighted by molar-refractivity contribution is 7.90. The molecule has 0 unspecified atom stereocenters. The molecule has 0 bridgehead atoms. The molecule has 0 aromatic rings. The average molecular weight is 138 g/mol. The average Bonchev–Trinajstić information content (AvgIpc) is 1.83. The van der Waals surface area contributed by atoms with Crippen molar-refractivity contribution in [3.8, 4) is 0 Å². The van der Waals surface area contributed by atoms with Gasteiger partial charge in [0.25, 0.3) is 0 Å². The summed E-state index contributed by atoms with van der Waals surface area (Å²) in [4.78, 5) is 10.0. The lowest BCUT2D eigenvalue weighted by atomic mass is 11.4. The molecule has 0 aliphatic rings. The smallest absolute Gasteiger partial charge is 0.437 e. The van der Waals surface area contributed by atoms with Gasteiger partial charge in [-0.1, -0.05) is 0 Å². The molecule has 0 saturated carbocycles. The maximum absolute atomic E-state index is 10.0. The fourth-order valence-corrected chi connectivity index (χ4v) is 0.287. The summed E-state index contributed by atoms with van der Waals surface area (Å²) < 4.78 is 12.6. The van der Waals surface area contributed by atoms with Gasteiger partial charge in [0, 0.05) is 0 Å². The van der Waals surface area contributed by atoms with E-state index in [0.717, 1.165) is 0 Å². The molecule has 0 heterocycles. The molecule has 48 valence electrons. The van der Waals surface area contributed by atoms with Crippen molar-refractivity contribution in [3.05, 3.63) is 0 Å². The Hall–Kier alpha value is -0.420. The van der Waals surface area contributed by atoms with Crippen LogP contribution in [-0.4, -0.2) is 20.4 Å². The summed E-state index contributed by atoms with van der Waals surface area (Å²) in [7, 11) is 2.60. The van der Waals surface area contributed by atoms with Gasteiger partial charge in [0.05, 0.1) is 14.2 Å². The summed E-state index contributed by atoms with van der Waals surface area (Å²) in [6.45, 7) is 0. The predicted molar refractivity (Wildman–Crippen MR) is 28.1 cm³/mol. The van der Waals surface area contributed by atoms with Gasteiger partial charge in [-0.3, -0.25) is 4.18 Å². The summed E-state index contributed by atoms with van der Waals surface area (Å²) in [6, 6.07) is 0. The van der Waals surface area contributed by atoms with Gasteiger partial charge < -0.3 is 8.92 Å². The zero-order chi connectivity index (χ0) is 6.41. The SMILES string of the molecule is COSOC(=O)OC. The number of hydrogen-bond acceptors (Lipinski definition) is 5. The standard InChI is InChI=1S/C3H6O4S/c1-5-3(4)7-8-6-2/h1-2H3. The second-order valence-electron chi connectivity index (χ2n) is 0.772. The first kappa shape index (κ1) is 7.58. The summed E-state index contributed by atoms with van der Waals surface area (Å²) >= 11 is 0.566. The predicted octanol–water partition coefficient (Wildman–Crippen LogP) is 0.979. The molecule has 0 atom stereocenters. The third kappa shape index (κ3) is 3.76. The normalized spacial score (nSPS) is 8.25. The topological polar surface area (TPSA) is 44.8 Å². The molecule has 0 spiro atoms. The van der Waals surface area contributed by atoms with Crippen LogP contribution >= 0.6 is 12.3 Å². The Morgan fingerprint density at radius 2 is 2.12 bits per heavy atom. The van der Waals surface area contributed by atoms with E-state index in [2.05, 4.69) is 13.1 Å². The Labute approximate surface area is 51.5 Å². The van der Waals surface area contributed by atoms with Gasteiger partial charge in [0.15, 0.2) is 0 Å². The van der Waals surface area contributed by atoms with Gasteiger partial charge in [-0.25, -0.2) is 4.79 Å². The molecule has 0 N–H and O–H groups in total. The monoisotopic (exact) mass is 138 g/mol. The minimum absolute atomic E-state index is 0.566. The number of ether oxygens (including phenoxy) is 1. The zero-order valence-corrected chi connectivity index (χ0v) is 5.36. The van der Waals surface area contributed by atoms with Gasteiger partial charge in [0.2, 0.25) is 12.3 Å². The minimum atomic E-state index is -0.767. The van der Waals surface area contributed by atoms with Crippen LogP contribution in [0.2, 0.25) is 0 Å². The van der Waals surface area contributed by atoms with E-state index in [0.29, 0.717) is 12.3 Å². The minimum Gasteiger partial charge on any atom is -0.437 e. The Bertz CT molecular complexity index is 73.7. The number of rotatable bonds is 2. The Balaban J connectivity index is 2.99. The fourth-order valence-electron chi connectivity index (χ4n) is 0.0958. The van der Waals surface area contributed by atoms with Gasteiger partial charge in [-0.2, -0.15) is 0 Å². The number of carbonyl (C=O) groups is 1. The number of carbonyl (C=O) groups excluding carboxylic acids is 1. The molecule has 0 amide bonds. The van der Waals surface area contributed by atoms with Crippen LogP contribution in [0.15, 0.2) is 0 Å². The van der Waals surface area contributed by atoms with E-state index in [1.165, 1.54) is 14.2 Å². The second kappa shape index (κ2) is 4.73. The molecule has 0 aromatic heterocycles. The van der Waals surface area contributed by atoms with Crippen LogP contribution in [0.4, 0.5) is 4.79 Å². The third-order valence-corrected chi connectivity index (χ3v) is 0.677. The van der Waals surface area contributed by atoms with E-state index in [4.69, 9.17) is 0 Å². The van der Waals surface area contributed by atoms with Crippen molar-refractivity contribution in [2.45, 2.75) is 0 Å². The van der Waals surface area contributed by atoms with Gasteiger partial charge in [-0.05, 0) is 0 Å². The molecule has 0 radical (unpaired) electrons. The van der Waals surface area contributed by atoms with Crippen LogP contribution in [0.3, 0.4) is 0 Å². The molecule has 4 nitrogen and oxygen atoms in total. The van der Waals surface area contributed by atoms with Crippen LogP contribution in [-0.2, 0) is 13.1 Å². The molecule has 0 saturated heterocycles. The molecule has 8 heavy (non-hydrogen) atoms. The molecule has 0 fully saturated rings. The highest BCUT2D eigenvalue weighted by Crippen LogP contribution is 2.01. The first-order valence-corrected chi connectivity index (χ1v) is 2.43. The van der Waals surface area contributed by atoms with Crippen LogP contribution in [0.5, 0.6) is 0 Å². The van der Waals surface area contributed by atoms with Crippen molar-refractivity contribution in [1.29, 1.82) is 0 Å². The lowest BCUT2D eigenvalue weighted by Gasteiger charge is -1.94. The quantitative estimate of drug-likeness (QED) is 0.420. The molecule has 0 aliphatic heterocycles. The summed E-state index contributed by atoms with van der Waals surface area (Å²) in [5, 5.41) is 0. The molecule has 0 aromatic carbocycles. The van der Waals surface area contributed by atoms with E-state index in [9.17, 15) is 4.79 Å². The lowest BCUT2D eigenvalue weighted by Crippen LogP contribution is -1.97. The van der Waals surface area contributed by atoms with Crippen molar-refractivity contribution in [3.63, 3.8) is 0 Å². The molecule has 5 heteroatoms. The summed E-state index contributed by atoms with van der Waals surface area (Å²) in [5.74, 6) is 0. The number of methoxy groups -OCH3 is 1. The maximum Gasteiger partial charge on any atom is 0.522 e. The molecule has 0 rings (SSSR count). The van der Waals surface area contributed by atoms with E-state index in [-0.39, 0.29) is 0 Å². The Kier molecular flexibility index (Phi) is 4.48. The Morgan fingerprint density at radius 1 is 1.50 bits per heavy atom. The third-order valence-electron chi connectivity index (χ3n) is 0.337. The molecule has 0 aliphatic carbocycles. The first-order chi connectivity index (χ1) is 3.81. The van der Waals surface area contributed by atoms with Crippen molar-refractivity contribution < 1.29 is 17.9 Å². The van der Waals surface area contributed by atoms with E-state index in [1.807, 2.05) is 0 Å². The zero-order valence-electron chi connectivity index (χ0n) is 4.54. The largest absolute Gasteiger partial charge is 0.522 e. The van der Waals surface area contributed by atoms with Crippen LogP contribution in [0.25, 0.3) is 0 Å². The van der Waals surface area contributed by atoms with Gasteiger partial charge in [-0.15, -0.1) is 0 Å². The van der Waals surface area contributed by atoms with Crippen LogP contribution in [0, 0.1) is 0 Å². The highest BCUT2D eigenvalue weighted by Gasteiger charge is 1.98. The van der Waals surface area contributed by atoms with Gasteiger partial charge in [0.1, 0.15) is 0 Å². The molecular weight excluding hydrogens is 132 g/mol. The first-order valence-electron chi connectivity index (χ1n) is 1.76. The van der Waals surface area contributed by atoms with Crippen molar-refractivity contribution in [1.82, 2.24) is 0 Å². The van der Waals surface area contributed by atoms with E-state index < -0.39 is 6.16 Å². The lowest BCUT2D eigenvalue weighted by molar-refractivity contribution is 0.126. The fraction of sp³-hybridized carbons (Fsp3) is 0.667. The highest BCUT2D eigenvalue weighted by atomic mass is 32.2. The van der Waals surface area contributed by atoms with Crippen molar-refractivity contribution in [2.75, 3.05) is 14.2 Å². The number of hydrogen-bond donors (Lipinski definition) is 0. The Morgan fingerprint density at radius 3 is 2.50 bits per heavy atom. The van der Waals surface area contributed by atoms with Crippen molar-refractivity contribution in [2.24, 2.45) is 0 Å². The van der Waals surface area contributed by atoms with Crippen LogP contribution < -0.4 is 0 Å². The summed E-state index contributed by atoms with van der Waals surface area (Å²) in [5.41, 5.74) is 0. The van der Waals surface area contributed by atoms with Crippen molar-refractivity contribution >= 4 is 18.5 Å². The summed E-state index contributed by atoms with van der Waals surface area (Å²) in [6.07, 6.45) is -0.767. The maximum atomic E-state index is 10.0. The van der Waals surface area contributed by atoms with Gasteiger partial charge >= 0.3 is 6.16 Å². The van der Waals surface area contributed by atoms with Crippen LogP contribution in [0.1, 0.15) is 0 Å². The van der Waals surface area contributed by atoms with E-state index in [1.54, 1.807) is 0 Å².